The van der Waals surface area contributed by atoms with Crippen molar-refractivity contribution in [3.05, 3.63) is 78.2 Å². The van der Waals surface area contributed by atoms with Crippen LogP contribution in [0.5, 0.6) is 0 Å². The number of carbonyl (C=O) groups excluding carboxylic acids is 1. The summed E-state index contributed by atoms with van der Waals surface area (Å²) in [7, 11) is 3.51. The fraction of sp³-hybridized carbons (Fsp3) is 0.179. The van der Waals surface area contributed by atoms with Gasteiger partial charge in [0.2, 0.25) is 0 Å². The largest absolute Gasteiger partial charge is 0.355 e. The summed E-state index contributed by atoms with van der Waals surface area (Å²) in [5, 5.41) is 18.9. The molecule has 0 aliphatic carbocycles. The molecule has 0 aliphatic rings. The molecule has 0 saturated heterocycles. The summed E-state index contributed by atoms with van der Waals surface area (Å²) in [6.07, 6.45) is 5.15. The topological polar surface area (TPSA) is 96.5 Å². The Bertz CT molecular complexity index is 1640. The first-order valence-corrected chi connectivity index (χ1v) is 11.3. The first kappa shape index (κ1) is 22.2. The van der Waals surface area contributed by atoms with Crippen LogP contribution < -0.4 is 5.32 Å². The summed E-state index contributed by atoms with van der Waals surface area (Å²) in [5.41, 5.74) is 6.28. The van der Waals surface area contributed by atoms with Gasteiger partial charge in [-0.2, -0.15) is 10.4 Å². The minimum atomic E-state index is -0.562. The summed E-state index contributed by atoms with van der Waals surface area (Å²) in [6.45, 7) is 3.82. The summed E-state index contributed by atoms with van der Waals surface area (Å²) >= 11 is 0. The average molecular weight is 461 g/mol. The van der Waals surface area contributed by atoms with Gasteiger partial charge >= 0.3 is 0 Å². The van der Waals surface area contributed by atoms with E-state index in [0.717, 1.165) is 49.8 Å². The molecular formula is C28H24N6O. The molecule has 3 heterocycles. The Kier molecular flexibility index (Phi) is 5.29. The summed E-state index contributed by atoms with van der Waals surface area (Å²) < 4.78 is 1.84. The molecule has 0 saturated carbocycles. The first-order valence-electron chi connectivity index (χ1n) is 11.3. The van der Waals surface area contributed by atoms with Crippen LogP contribution in [0.4, 0.5) is 0 Å². The molecule has 1 amide bonds. The van der Waals surface area contributed by atoms with Crippen molar-refractivity contribution in [3.63, 3.8) is 0 Å². The van der Waals surface area contributed by atoms with Gasteiger partial charge in [0.05, 0.1) is 34.3 Å². The van der Waals surface area contributed by atoms with E-state index in [4.69, 9.17) is 5.10 Å². The molecule has 0 spiro atoms. The van der Waals surface area contributed by atoms with Gasteiger partial charge in [-0.3, -0.25) is 19.4 Å². The molecule has 0 unspecified atom stereocenters. The van der Waals surface area contributed by atoms with Crippen molar-refractivity contribution >= 4 is 27.7 Å². The number of aryl methyl sites for hydroxylation is 1. The lowest BCUT2D eigenvalue weighted by Crippen LogP contribution is -2.17. The van der Waals surface area contributed by atoms with Crippen molar-refractivity contribution in [1.29, 1.82) is 5.26 Å². The number of benzene rings is 2. The molecule has 2 aromatic carbocycles. The summed E-state index contributed by atoms with van der Waals surface area (Å²) in [6, 6.07) is 18.2. The molecular weight excluding hydrogens is 436 g/mol. The molecule has 0 aliphatic heterocycles. The second-order valence-electron chi connectivity index (χ2n) is 9.08. The highest BCUT2D eigenvalue weighted by molar-refractivity contribution is 6.12. The summed E-state index contributed by atoms with van der Waals surface area (Å²) in [4.78, 5) is 21.0. The van der Waals surface area contributed by atoms with Crippen LogP contribution in [0.25, 0.3) is 44.2 Å². The lowest BCUT2D eigenvalue weighted by molar-refractivity contribution is 0.0962. The lowest BCUT2D eigenvalue weighted by atomic mass is 9.86. The highest BCUT2D eigenvalue weighted by atomic mass is 16.1. The predicted octanol–water partition coefficient (Wildman–Crippen LogP) is 5.01. The van der Waals surface area contributed by atoms with Gasteiger partial charge in [0.15, 0.2) is 0 Å². The van der Waals surface area contributed by atoms with Crippen molar-refractivity contribution in [1.82, 2.24) is 25.1 Å². The Labute approximate surface area is 203 Å². The Morgan fingerprint density at radius 2 is 1.74 bits per heavy atom. The van der Waals surface area contributed by atoms with Crippen LogP contribution >= 0.6 is 0 Å². The molecule has 1 N–H and O–H groups in total. The van der Waals surface area contributed by atoms with E-state index in [-0.39, 0.29) is 5.91 Å². The van der Waals surface area contributed by atoms with Crippen LogP contribution in [0.3, 0.4) is 0 Å². The first-order chi connectivity index (χ1) is 16.8. The van der Waals surface area contributed by atoms with E-state index in [1.54, 1.807) is 19.4 Å². The number of hydrogen-bond donors (Lipinski definition) is 1. The van der Waals surface area contributed by atoms with Gasteiger partial charge in [-0.1, -0.05) is 30.3 Å². The number of aromatic nitrogens is 4. The van der Waals surface area contributed by atoms with Crippen LogP contribution in [0.15, 0.2) is 67.1 Å². The van der Waals surface area contributed by atoms with Crippen LogP contribution in [-0.4, -0.2) is 32.7 Å². The third kappa shape index (κ3) is 3.79. The van der Waals surface area contributed by atoms with Crippen molar-refractivity contribution < 1.29 is 4.79 Å². The maximum absolute atomic E-state index is 12.1. The second-order valence-corrected chi connectivity index (χ2v) is 9.08. The van der Waals surface area contributed by atoms with Gasteiger partial charge in [0.1, 0.15) is 5.69 Å². The summed E-state index contributed by atoms with van der Waals surface area (Å²) in [5.74, 6) is -0.179. The van der Waals surface area contributed by atoms with E-state index in [9.17, 15) is 10.1 Å². The fourth-order valence-electron chi connectivity index (χ4n) is 4.29. The Hall–Kier alpha value is -4.57. The number of amides is 1. The van der Waals surface area contributed by atoms with Gasteiger partial charge < -0.3 is 5.32 Å². The third-order valence-electron chi connectivity index (χ3n) is 6.40. The van der Waals surface area contributed by atoms with Gasteiger partial charge in [-0.25, -0.2) is 0 Å². The molecule has 3 aromatic heterocycles. The molecule has 172 valence electrons. The molecule has 5 rings (SSSR count). The second kappa shape index (κ2) is 8.33. The molecule has 5 aromatic rings. The predicted molar refractivity (Wildman–Crippen MR) is 137 cm³/mol. The molecule has 35 heavy (non-hydrogen) atoms. The zero-order valence-corrected chi connectivity index (χ0v) is 20.0. The maximum Gasteiger partial charge on any atom is 0.252 e. The number of hydrogen-bond acceptors (Lipinski definition) is 5. The number of rotatable bonds is 4. The molecule has 0 bridgehead atoms. The lowest BCUT2D eigenvalue weighted by Gasteiger charge is -2.15. The van der Waals surface area contributed by atoms with Gasteiger partial charge in [0.25, 0.3) is 5.91 Å². The monoisotopic (exact) mass is 460 g/mol. The minimum Gasteiger partial charge on any atom is -0.355 e. The van der Waals surface area contributed by atoms with Gasteiger partial charge in [-0.15, -0.1) is 0 Å². The number of carbonyl (C=O) groups is 1. The molecule has 0 fully saturated rings. The van der Waals surface area contributed by atoms with Crippen LogP contribution in [0.1, 0.15) is 29.8 Å². The van der Waals surface area contributed by atoms with E-state index < -0.39 is 5.41 Å². The zero-order valence-electron chi connectivity index (χ0n) is 20.0. The fourth-order valence-corrected chi connectivity index (χ4v) is 4.29. The molecule has 7 heteroatoms. The maximum atomic E-state index is 12.1. The molecule has 0 atom stereocenters. The molecule has 0 radical (unpaired) electrons. The van der Waals surface area contributed by atoms with E-state index in [1.165, 1.54) is 0 Å². The van der Waals surface area contributed by atoms with Crippen LogP contribution in [0, 0.1) is 11.3 Å². The number of nitrogens with one attached hydrogen (secondary N) is 1. The van der Waals surface area contributed by atoms with Crippen molar-refractivity contribution in [2.45, 2.75) is 19.3 Å². The highest BCUT2D eigenvalue weighted by Gasteiger charge is 2.21. The Balaban J connectivity index is 1.70. The Morgan fingerprint density at radius 1 is 1.00 bits per heavy atom. The SMILES string of the molecule is CNC(=O)c1cncc(-c2ccc3ncc4c(c(-c5ccc(C(C)(C)C#N)cc5)nn4C)c3c2)c1. The van der Waals surface area contributed by atoms with Crippen molar-refractivity contribution in [2.75, 3.05) is 7.05 Å². The average Bonchev–Trinajstić information content (AvgIpc) is 3.24. The van der Waals surface area contributed by atoms with Crippen LogP contribution in [-0.2, 0) is 12.5 Å². The van der Waals surface area contributed by atoms with E-state index in [2.05, 4.69) is 27.4 Å². The normalized spacial score (nSPS) is 11.5. The van der Waals surface area contributed by atoms with Crippen LogP contribution in [0.2, 0.25) is 0 Å². The quantitative estimate of drug-likeness (QED) is 0.407. The smallest absolute Gasteiger partial charge is 0.252 e. The Morgan fingerprint density at radius 3 is 2.46 bits per heavy atom. The van der Waals surface area contributed by atoms with Gasteiger partial charge in [-0.05, 0) is 43.2 Å². The number of nitrogens with zero attached hydrogens (tertiary/aromatic N) is 5. The number of fused-ring (bicyclic) bond motifs is 3. The van der Waals surface area contributed by atoms with Gasteiger partial charge in [0, 0.05) is 48.4 Å². The van der Waals surface area contributed by atoms with E-state index in [0.29, 0.717) is 5.56 Å². The highest BCUT2D eigenvalue weighted by Crippen LogP contribution is 2.35. The van der Waals surface area contributed by atoms with E-state index >= 15 is 0 Å². The minimum absolute atomic E-state index is 0.179. The standard InChI is InChI=1S/C28H24N6O/c1-28(2,16-29)21-8-5-17(6-9-21)26-25-22-12-18(19-11-20(14-31-13-19)27(35)30-3)7-10-23(22)32-15-24(25)34(4)33-26/h5-15H,1-4H3,(H,30,35). The van der Waals surface area contributed by atoms with Crippen molar-refractivity contribution in [2.24, 2.45) is 7.05 Å². The number of pyridine rings is 2. The van der Waals surface area contributed by atoms with Crippen molar-refractivity contribution in [3.8, 4) is 28.5 Å². The third-order valence-corrected chi connectivity index (χ3v) is 6.40. The number of nitriles is 1. The molecule has 7 nitrogen and oxygen atoms in total. The zero-order chi connectivity index (χ0) is 24.7. The van der Waals surface area contributed by atoms with E-state index in [1.807, 2.05) is 74.2 Å².